The fourth-order valence-electron chi connectivity index (χ4n) is 1.67. The van der Waals surface area contributed by atoms with Gasteiger partial charge < -0.3 is 4.98 Å². The number of aryl methyl sites for hydroxylation is 1. The summed E-state index contributed by atoms with van der Waals surface area (Å²) in [4.78, 5) is 11.1. The molecule has 0 aliphatic carbocycles. The molecule has 5 heteroatoms. The molecular formula is C12H15F2N3. The van der Waals surface area contributed by atoms with Crippen LogP contribution in [0, 0.1) is 0 Å². The van der Waals surface area contributed by atoms with Crippen LogP contribution in [0.3, 0.4) is 0 Å². The largest absolute Gasteiger partial charge is 0.341 e. The summed E-state index contributed by atoms with van der Waals surface area (Å²) < 4.78 is 26.2. The Labute approximate surface area is 98.3 Å². The minimum Gasteiger partial charge on any atom is -0.341 e. The molecule has 0 spiro atoms. The van der Waals surface area contributed by atoms with Crippen molar-refractivity contribution in [2.75, 3.05) is 0 Å². The smallest absolute Gasteiger partial charge is 0.287 e. The minimum atomic E-state index is -2.92. The minimum absolute atomic E-state index is 0.237. The van der Waals surface area contributed by atoms with Crippen molar-refractivity contribution in [1.82, 2.24) is 15.0 Å². The molecule has 2 rings (SSSR count). The number of aromatic amines is 1. The monoisotopic (exact) mass is 239 g/mol. The Morgan fingerprint density at radius 1 is 1.41 bits per heavy atom. The van der Waals surface area contributed by atoms with Gasteiger partial charge in [-0.2, -0.15) is 8.78 Å². The van der Waals surface area contributed by atoms with Crippen LogP contribution in [0.15, 0.2) is 12.3 Å². The highest BCUT2D eigenvalue weighted by Crippen LogP contribution is 2.26. The Morgan fingerprint density at radius 3 is 2.82 bits per heavy atom. The van der Waals surface area contributed by atoms with Gasteiger partial charge >= 0.3 is 0 Å². The van der Waals surface area contributed by atoms with Crippen molar-refractivity contribution in [3.05, 3.63) is 23.8 Å². The highest BCUT2D eigenvalue weighted by Gasteiger charge is 2.26. The average molecular weight is 239 g/mol. The number of H-pyrrole nitrogens is 1. The van der Waals surface area contributed by atoms with Crippen LogP contribution in [-0.4, -0.2) is 15.0 Å². The maximum Gasteiger partial charge on any atom is 0.287 e. The number of hydrogen-bond donors (Lipinski definition) is 1. The van der Waals surface area contributed by atoms with Gasteiger partial charge in [0.2, 0.25) is 0 Å². The first kappa shape index (κ1) is 12.0. The Bertz CT molecular complexity index is 514. The van der Waals surface area contributed by atoms with Crippen molar-refractivity contribution >= 4 is 11.0 Å². The molecule has 0 atom stereocenters. The number of nitrogens with one attached hydrogen (secondary N) is 1. The third kappa shape index (κ3) is 2.60. The fraction of sp³-hybridized carbons (Fsp3) is 0.500. The van der Waals surface area contributed by atoms with Crippen LogP contribution in [0.2, 0.25) is 0 Å². The van der Waals surface area contributed by atoms with Crippen LogP contribution in [0.25, 0.3) is 11.0 Å². The van der Waals surface area contributed by atoms with Crippen molar-refractivity contribution in [3.8, 4) is 0 Å². The van der Waals surface area contributed by atoms with E-state index in [1.807, 2.05) is 0 Å². The van der Waals surface area contributed by atoms with E-state index in [1.165, 1.54) is 12.3 Å². The summed E-state index contributed by atoms with van der Waals surface area (Å²) in [7, 11) is 0. The van der Waals surface area contributed by atoms with E-state index >= 15 is 0 Å². The third-order valence-electron chi connectivity index (χ3n) is 2.63. The quantitative estimate of drug-likeness (QED) is 0.888. The predicted octanol–water partition coefficient (Wildman–Crippen LogP) is 3.41. The third-order valence-corrected chi connectivity index (χ3v) is 2.63. The molecule has 2 aromatic rings. The molecule has 0 bridgehead atoms. The van der Waals surface area contributed by atoms with Crippen LogP contribution in [-0.2, 0) is 12.3 Å². The van der Waals surface area contributed by atoms with E-state index in [2.05, 4.69) is 21.9 Å². The number of pyridine rings is 1. The van der Waals surface area contributed by atoms with Crippen LogP contribution in [0.4, 0.5) is 8.78 Å². The van der Waals surface area contributed by atoms with Crippen molar-refractivity contribution < 1.29 is 8.78 Å². The zero-order chi connectivity index (χ0) is 12.5. The number of rotatable bonds is 4. The van der Waals surface area contributed by atoms with Gasteiger partial charge in [-0.1, -0.05) is 13.3 Å². The van der Waals surface area contributed by atoms with E-state index in [0.29, 0.717) is 11.0 Å². The van der Waals surface area contributed by atoms with E-state index in [9.17, 15) is 8.78 Å². The molecule has 0 amide bonds. The molecule has 0 aliphatic heterocycles. The summed E-state index contributed by atoms with van der Waals surface area (Å²) in [5.74, 6) is -2.09. The Morgan fingerprint density at radius 2 is 2.18 bits per heavy atom. The van der Waals surface area contributed by atoms with Gasteiger partial charge in [-0.25, -0.2) is 4.98 Å². The van der Waals surface area contributed by atoms with E-state index in [1.54, 1.807) is 0 Å². The van der Waals surface area contributed by atoms with Crippen molar-refractivity contribution in [1.29, 1.82) is 0 Å². The molecule has 2 heterocycles. The summed E-state index contributed by atoms with van der Waals surface area (Å²) in [5.41, 5.74) is 1.03. The first-order valence-electron chi connectivity index (χ1n) is 5.73. The number of halogens is 2. The summed E-state index contributed by atoms with van der Waals surface area (Å²) in [6, 6.07) is 1.35. The van der Waals surface area contributed by atoms with Crippen LogP contribution in [0.5, 0.6) is 0 Å². The highest BCUT2D eigenvalue weighted by atomic mass is 19.3. The summed E-state index contributed by atoms with van der Waals surface area (Å²) in [5, 5.41) is 0. The van der Waals surface area contributed by atoms with Crippen molar-refractivity contribution in [2.24, 2.45) is 0 Å². The normalized spacial score (nSPS) is 12.2. The first-order valence-corrected chi connectivity index (χ1v) is 5.73. The van der Waals surface area contributed by atoms with Gasteiger partial charge in [0.05, 0.1) is 17.2 Å². The second-order valence-corrected chi connectivity index (χ2v) is 4.26. The van der Waals surface area contributed by atoms with E-state index < -0.39 is 5.92 Å². The van der Waals surface area contributed by atoms with Gasteiger partial charge in [0, 0.05) is 13.3 Å². The standard InChI is InChI=1S/C12H15F2N3/c1-3-4-5-11-16-8-6-10(12(2,13)14)15-7-9(8)17-11/h6-7H,3-5H2,1-2H3,(H,16,17). The predicted molar refractivity (Wildman–Crippen MR) is 62.1 cm³/mol. The summed E-state index contributed by atoms with van der Waals surface area (Å²) in [6.45, 7) is 2.94. The molecule has 0 unspecified atom stereocenters. The SMILES string of the molecule is CCCCc1nc2cc(C(C)(F)F)ncc2[nH]1. The number of nitrogens with zero attached hydrogens (tertiary/aromatic N) is 2. The van der Waals surface area contributed by atoms with Crippen LogP contribution in [0.1, 0.15) is 38.2 Å². The molecule has 3 nitrogen and oxygen atoms in total. The lowest BCUT2D eigenvalue weighted by molar-refractivity contribution is 0.0129. The number of aromatic nitrogens is 3. The Balaban J connectivity index is 2.34. The second kappa shape index (κ2) is 4.39. The number of alkyl halides is 2. The molecule has 0 saturated heterocycles. The van der Waals surface area contributed by atoms with E-state index in [0.717, 1.165) is 32.0 Å². The molecular weight excluding hydrogens is 224 g/mol. The van der Waals surface area contributed by atoms with Crippen molar-refractivity contribution in [2.45, 2.75) is 39.0 Å². The highest BCUT2D eigenvalue weighted by molar-refractivity contribution is 5.74. The summed E-state index contributed by atoms with van der Waals surface area (Å²) in [6.07, 6.45) is 4.37. The molecule has 0 radical (unpaired) electrons. The average Bonchev–Trinajstić information content (AvgIpc) is 2.66. The molecule has 1 N–H and O–H groups in total. The van der Waals surface area contributed by atoms with Gasteiger partial charge in [-0.3, -0.25) is 4.98 Å². The van der Waals surface area contributed by atoms with Gasteiger partial charge in [0.1, 0.15) is 11.5 Å². The summed E-state index contributed by atoms with van der Waals surface area (Å²) >= 11 is 0. The van der Waals surface area contributed by atoms with E-state index in [4.69, 9.17) is 0 Å². The molecule has 0 aliphatic rings. The lowest BCUT2D eigenvalue weighted by Gasteiger charge is -2.07. The van der Waals surface area contributed by atoms with Crippen molar-refractivity contribution in [3.63, 3.8) is 0 Å². The number of fused-ring (bicyclic) bond motifs is 1. The number of unbranched alkanes of at least 4 members (excludes halogenated alkanes) is 1. The topological polar surface area (TPSA) is 41.6 Å². The van der Waals surface area contributed by atoms with Gasteiger partial charge in [-0.15, -0.1) is 0 Å². The van der Waals surface area contributed by atoms with Crippen LogP contribution >= 0.6 is 0 Å². The molecule has 2 aromatic heterocycles. The maximum atomic E-state index is 13.1. The molecule has 0 fully saturated rings. The lowest BCUT2D eigenvalue weighted by atomic mass is 10.2. The molecule has 0 aromatic carbocycles. The number of hydrogen-bond acceptors (Lipinski definition) is 2. The fourth-order valence-corrected chi connectivity index (χ4v) is 1.67. The van der Waals surface area contributed by atoms with E-state index in [-0.39, 0.29) is 5.69 Å². The lowest BCUT2D eigenvalue weighted by Crippen LogP contribution is -2.09. The molecule has 0 saturated carbocycles. The second-order valence-electron chi connectivity index (χ2n) is 4.26. The molecule has 17 heavy (non-hydrogen) atoms. The van der Waals surface area contributed by atoms with Gasteiger partial charge in [0.15, 0.2) is 0 Å². The maximum absolute atomic E-state index is 13.1. The Kier molecular flexibility index (Phi) is 3.09. The zero-order valence-corrected chi connectivity index (χ0v) is 9.93. The van der Waals surface area contributed by atoms with Gasteiger partial charge in [-0.05, 0) is 12.5 Å². The zero-order valence-electron chi connectivity index (χ0n) is 9.93. The van der Waals surface area contributed by atoms with Gasteiger partial charge in [0.25, 0.3) is 5.92 Å². The Hall–Kier alpha value is -1.52. The number of imidazole rings is 1. The first-order chi connectivity index (χ1) is 8.00. The van der Waals surface area contributed by atoms with Crippen LogP contribution < -0.4 is 0 Å². The molecule has 92 valence electrons.